The highest BCUT2D eigenvalue weighted by Crippen LogP contribution is 2.31. The summed E-state index contributed by atoms with van der Waals surface area (Å²) in [6, 6.07) is 10.9. The predicted molar refractivity (Wildman–Crippen MR) is 96.2 cm³/mol. The number of H-pyrrole nitrogens is 1. The number of aryl methyl sites for hydroxylation is 1. The number of methoxy groups -OCH3 is 2. The van der Waals surface area contributed by atoms with Gasteiger partial charge in [-0.25, -0.2) is 4.39 Å². The predicted octanol–water partition coefficient (Wildman–Crippen LogP) is 3.79. The summed E-state index contributed by atoms with van der Waals surface area (Å²) in [6.07, 6.45) is 0. The van der Waals surface area contributed by atoms with Gasteiger partial charge in [0.1, 0.15) is 23.0 Å². The number of rotatable bonds is 5. The van der Waals surface area contributed by atoms with Crippen molar-refractivity contribution in [1.82, 2.24) is 10.2 Å². The minimum absolute atomic E-state index is 0.346. The van der Waals surface area contributed by atoms with Gasteiger partial charge in [-0.2, -0.15) is 5.10 Å². The molecule has 3 rings (SSSR count). The van der Waals surface area contributed by atoms with E-state index in [0.29, 0.717) is 39.7 Å². The van der Waals surface area contributed by atoms with Gasteiger partial charge in [0.25, 0.3) is 5.91 Å². The number of aromatic nitrogens is 2. The Labute approximate surface area is 150 Å². The molecule has 2 N–H and O–H groups in total. The molecule has 26 heavy (non-hydrogen) atoms. The van der Waals surface area contributed by atoms with Crippen molar-refractivity contribution in [2.75, 3.05) is 19.5 Å². The summed E-state index contributed by atoms with van der Waals surface area (Å²) in [5.74, 6) is 0.220. The Balaban J connectivity index is 1.95. The first-order chi connectivity index (χ1) is 12.5. The Morgan fingerprint density at radius 2 is 1.96 bits per heavy atom. The number of hydrogen-bond acceptors (Lipinski definition) is 4. The molecule has 0 aliphatic heterocycles. The second-order valence-corrected chi connectivity index (χ2v) is 5.60. The fourth-order valence-corrected chi connectivity index (χ4v) is 2.59. The molecule has 1 amide bonds. The Bertz CT molecular complexity index is 953. The number of anilines is 1. The molecule has 0 aliphatic rings. The summed E-state index contributed by atoms with van der Waals surface area (Å²) < 4.78 is 24.0. The number of halogens is 1. The molecule has 134 valence electrons. The maximum absolute atomic E-state index is 13.5. The van der Waals surface area contributed by atoms with Crippen molar-refractivity contribution in [2.45, 2.75) is 6.92 Å². The van der Waals surface area contributed by atoms with Crippen LogP contribution in [-0.2, 0) is 0 Å². The van der Waals surface area contributed by atoms with Gasteiger partial charge in [-0.3, -0.25) is 9.89 Å². The second kappa shape index (κ2) is 7.26. The lowest BCUT2D eigenvalue weighted by Gasteiger charge is -2.11. The minimum atomic E-state index is -0.378. The SMILES string of the molecule is COc1ccc(C(=O)Nc2c(-c3cccc(F)c3)n[nH]c2C)c(OC)c1. The number of carbonyl (C=O) groups is 1. The van der Waals surface area contributed by atoms with Crippen LogP contribution in [0.4, 0.5) is 10.1 Å². The van der Waals surface area contributed by atoms with Crippen LogP contribution in [-0.4, -0.2) is 30.3 Å². The summed E-state index contributed by atoms with van der Waals surface area (Å²) in [7, 11) is 3.02. The van der Waals surface area contributed by atoms with Crippen LogP contribution in [0.2, 0.25) is 0 Å². The highest BCUT2D eigenvalue weighted by molar-refractivity contribution is 6.08. The van der Waals surface area contributed by atoms with Gasteiger partial charge >= 0.3 is 0 Å². The van der Waals surface area contributed by atoms with Crippen LogP contribution in [0.15, 0.2) is 42.5 Å². The fraction of sp³-hybridized carbons (Fsp3) is 0.158. The molecule has 0 aliphatic carbocycles. The zero-order chi connectivity index (χ0) is 18.7. The molecular weight excluding hydrogens is 337 g/mol. The molecule has 1 aromatic heterocycles. The summed E-state index contributed by atoms with van der Waals surface area (Å²) in [5, 5.41) is 9.84. The van der Waals surface area contributed by atoms with Crippen LogP contribution >= 0.6 is 0 Å². The molecule has 0 fully saturated rings. The normalized spacial score (nSPS) is 10.5. The molecule has 0 saturated heterocycles. The first kappa shape index (κ1) is 17.5. The molecule has 0 atom stereocenters. The molecule has 1 heterocycles. The number of nitrogens with one attached hydrogen (secondary N) is 2. The van der Waals surface area contributed by atoms with Gasteiger partial charge in [-0.1, -0.05) is 12.1 Å². The van der Waals surface area contributed by atoms with E-state index in [2.05, 4.69) is 15.5 Å². The van der Waals surface area contributed by atoms with Gasteiger partial charge in [0, 0.05) is 11.6 Å². The number of nitrogens with zero attached hydrogens (tertiary/aromatic N) is 1. The van der Waals surface area contributed by atoms with Crippen LogP contribution in [0.25, 0.3) is 11.3 Å². The first-order valence-corrected chi connectivity index (χ1v) is 7.87. The van der Waals surface area contributed by atoms with E-state index in [1.807, 2.05) is 0 Å². The zero-order valence-corrected chi connectivity index (χ0v) is 14.6. The molecule has 0 spiro atoms. The molecule has 3 aromatic rings. The second-order valence-electron chi connectivity index (χ2n) is 5.60. The van der Waals surface area contributed by atoms with Gasteiger partial charge in [0.05, 0.1) is 31.2 Å². The molecule has 2 aromatic carbocycles. The Kier molecular flexibility index (Phi) is 4.88. The van der Waals surface area contributed by atoms with E-state index in [1.165, 1.54) is 26.4 Å². The summed E-state index contributed by atoms with van der Waals surface area (Å²) in [4.78, 5) is 12.7. The van der Waals surface area contributed by atoms with Crippen molar-refractivity contribution < 1.29 is 18.7 Å². The van der Waals surface area contributed by atoms with Gasteiger partial charge < -0.3 is 14.8 Å². The smallest absolute Gasteiger partial charge is 0.259 e. The average molecular weight is 355 g/mol. The van der Waals surface area contributed by atoms with Gasteiger partial charge in [-0.15, -0.1) is 0 Å². The van der Waals surface area contributed by atoms with E-state index in [-0.39, 0.29) is 11.7 Å². The van der Waals surface area contributed by atoms with Crippen LogP contribution < -0.4 is 14.8 Å². The Hall–Kier alpha value is -3.35. The third kappa shape index (κ3) is 3.37. The Morgan fingerprint density at radius 1 is 1.15 bits per heavy atom. The zero-order valence-electron chi connectivity index (χ0n) is 14.6. The van der Waals surface area contributed by atoms with Crippen molar-refractivity contribution in [3.8, 4) is 22.8 Å². The molecule has 6 nitrogen and oxygen atoms in total. The number of carbonyl (C=O) groups excluding carboxylic acids is 1. The third-order valence-corrected chi connectivity index (χ3v) is 3.94. The van der Waals surface area contributed by atoms with E-state index in [4.69, 9.17) is 9.47 Å². The minimum Gasteiger partial charge on any atom is -0.497 e. The van der Waals surface area contributed by atoms with Gasteiger partial charge in [0.15, 0.2) is 0 Å². The van der Waals surface area contributed by atoms with E-state index in [9.17, 15) is 9.18 Å². The number of ether oxygens (including phenoxy) is 2. The average Bonchev–Trinajstić information content (AvgIpc) is 3.01. The third-order valence-electron chi connectivity index (χ3n) is 3.94. The number of benzene rings is 2. The van der Waals surface area contributed by atoms with Crippen molar-refractivity contribution >= 4 is 11.6 Å². The number of hydrogen-bond donors (Lipinski definition) is 2. The molecule has 0 bridgehead atoms. The van der Waals surface area contributed by atoms with Gasteiger partial charge in [-0.05, 0) is 31.2 Å². The maximum atomic E-state index is 13.5. The monoisotopic (exact) mass is 355 g/mol. The van der Waals surface area contributed by atoms with E-state index in [1.54, 1.807) is 37.3 Å². The lowest BCUT2D eigenvalue weighted by molar-refractivity contribution is 0.102. The van der Waals surface area contributed by atoms with Gasteiger partial charge in [0.2, 0.25) is 0 Å². The topological polar surface area (TPSA) is 76.2 Å². The lowest BCUT2D eigenvalue weighted by atomic mass is 10.1. The molecule has 0 unspecified atom stereocenters. The van der Waals surface area contributed by atoms with Crippen LogP contribution in [0.5, 0.6) is 11.5 Å². The summed E-state index contributed by atoms with van der Waals surface area (Å²) >= 11 is 0. The lowest BCUT2D eigenvalue weighted by Crippen LogP contribution is -2.14. The van der Waals surface area contributed by atoms with Crippen LogP contribution in [0.3, 0.4) is 0 Å². The highest BCUT2D eigenvalue weighted by Gasteiger charge is 2.19. The molecular formula is C19H18FN3O3. The van der Waals surface area contributed by atoms with Crippen molar-refractivity contribution in [1.29, 1.82) is 0 Å². The number of amides is 1. The summed E-state index contributed by atoms with van der Waals surface area (Å²) in [6.45, 7) is 1.77. The van der Waals surface area contributed by atoms with Crippen molar-refractivity contribution in [3.05, 3.63) is 59.5 Å². The molecule has 7 heteroatoms. The first-order valence-electron chi connectivity index (χ1n) is 7.87. The largest absolute Gasteiger partial charge is 0.497 e. The van der Waals surface area contributed by atoms with Crippen molar-refractivity contribution in [2.24, 2.45) is 0 Å². The highest BCUT2D eigenvalue weighted by atomic mass is 19.1. The Morgan fingerprint density at radius 3 is 2.65 bits per heavy atom. The van der Waals surface area contributed by atoms with E-state index < -0.39 is 0 Å². The quantitative estimate of drug-likeness (QED) is 0.730. The van der Waals surface area contributed by atoms with Crippen LogP contribution in [0, 0.1) is 12.7 Å². The van der Waals surface area contributed by atoms with Crippen LogP contribution in [0.1, 0.15) is 16.1 Å². The van der Waals surface area contributed by atoms with E-state index in [0.717, 1.165) is 0 Å². The molecule has 0 saturated carbocycles. The van der Waals surface area contributed by atoms with Crippen molar-refractivity contribution in [3.63, 3.8) is 0 Å². The summed E-state index contributed by atoms with van der Waals surface area (Å²) in [5.41, 5.74) is 2.51. The number of aromatic amines is 1. The maximum Gasteiger partial charge on any atom is 0.259 e. The fourth-order valence-electron chi connectivity index (χ4n) is 2.59. The standard InChI is InChI=1S/C19H18FN3O3/c1-11-17(18(23-22-11)12-5-4-6-13(20)9-12)21-19(24)15-8-7-14(25-2)10-16(15)26-3/h4-10H,1-3H3,(H,21,24)(H,22,23). The van der Waals surface area contributed by atoms with E-state index >= 15 is 0 Å². The molecule has 0 radical (unpaired) electrons.